The van der Waals surface area contributed by atoms with Crippen molar-refractivity contribution in [1.82, 2.24) is 4.57 Å². The lowest BCUT2D eigenvalue weighted by molar-refractivity contribution is -0.137. The van der Waals surface area contributed by atoms with E-state index < -0.39 is 5.97 Å². The van der Waals surface area contributed by atoms with Gasteiger partial charge in [-0.1, -0.05) is 30.3 Å². The Morgan fingerprint density at radius 2 is 1.62 bits per heavy atom. The number of nitrogens with one attached hydrogen (secondary N) is 1. The van der Waals surface area contributed by atoms with Crippen molar-refractivity contribution in [2.45, 2.75) is 19.9 Å². The first-order chi connectivity index (χ1) is 15.5. The zero-order chi connectivity index (χ0) is 22.5. The van der Waals surface area contributed by atoms with Crippen LogP contribution in [0.2, 0.25) is 0 Å². The summed E-state index contributed by atoms with van der Waals surface area (Å²) < 4.78 is 13.5. The van der Waals surface area contributed by atoms with Crippen LogP contribution in [0.25, 0.3) is 21.8 Å². The Hall–Kier alpha value is -4.00. The zero-order valence-corrected chi connectivity index (χ0v) is 17.7. The fourth-order valence-electron chi connectivity index (χ4n) is 3.74. The van der Waals surface area contributed by atoms with Gasteiger partial charge in [0.1, 0.15) is 18.0 Å². The minimum atomic E-state index is -0.893. The van der Waals surface area contributed by atoms with Gasteiger partial charge in [0.25, 0.3) is 0 Å². The third kappa shape index (κ3) is 4.67. The summed E-state index contributed by atoms with van der Waals surface area (Å²) >= 11 is 0. The molecular formula is C25H24N2O5. The number of ether oxygens (including phenoxy) is 2. The largest absolute Gasteiger partial charge is 0.493 e. The van der Waals surface area contributed by atoms with E-state index in [1.807, 2.05) is 54.6 Å². The highest BCUT2D eigenvalue weighted by atomic mass is 16.5. The number of fused-ring (bicyclic) bond motifs is 3. The van der Waals surface area contributed by atoms with Crippen LogP contribution in [0, 0.1) is 0 Å². The molecule has 1 heterocycles. The molecule has 0 aliphatic rings. The molecule has 4 aromatic rings. The second-order valence-electron chi connectivity index (χ2n) is 7.40. The Kier molecular flexibility index (Phi) is 6.26. The molecule has 0 spiro atoms. The van der Waals surface area contributed by atoms with E-state index in [2.05, 4.69) is 5.32 Å². The van der Waals surface area contributed by atoms with Crippen LogP contribution >= 0.6 is 0 Å². The van der Waals surface area contributed by atoms with Crippen molar-refractivity contribution in [3.8, 4) is 11.5 Å². The molecule has 0 saturated heterocycles. The molecule has 3 aromatic carbocycles. The van der Waals surface area contributed by atoms with Gasteiger partial charge >= 0.3 is 5.97 Å². The van der Waals surface area contributed by atoms with Gasteiger partial charge < -0.3 is 24.5 Å². The Morgan fingerprint density at radius 3 is 2.44 bits per heavy atom. The number of hydrogen-bond donors (Lipinski definition) is 2. The predicted molar refractivity (Wildman–Crippen MR) is 123 cm³/mol. The molecule has 0 fully saturated rings. The Bertz CT molecular complexity index is 1280. The lowest BCUT2D eigenvalue weighted by Gasteiger charge is -2.12. The Morgan fingerprint density at radius 1 is 0.906 bits per heavy atom. The highest BCUT2D eigenvalue weighted by Crippen LogP contribution is 2.31. The number of nitrogens with zero attached hydrogens (tertiary/aromatic N) is 1. The van der Waals surface area contributed by atoms with E-state index in [-0.39, 0.29) is 12.5 Å². The van der Waals surface area contributed by atoms with Gasteiger partial charge in [-0.25, -0.2) is 0 Å². The average molecular weight is 432 g/mol. The Balaban J connectivity index is 1.42. The van der Waals surface area contributed by atoms with Crippen molar-refractivity contribution < 1.29 is 24.2 Å². The molecule has 7 nitrogen and oxygen atoms in total. The van der Waals surface area contributed by atoms with E-state index >= 15 is 0 Å². The second-order valence-corrected chi connectivity index (χ2v) is 7.40. The van der Waals surface area contributed by atoms with E-state index in [0.29, 0.717) is 36.8 Å². The van der Waals surface area contributed by atoms with Crippen molar-refractivity contribution >= 4 is 39.4 Å². The fourth-order valence-corrected chi connectivity index (χ4v) is 3.74. The SMILES string of the molecule is CC(=O)Nc1ccccc1OCCCOc1ccc2c3ccccc3n(CC(=O)O)c2c1. The first-order valence-corrected chi connectivity index (χ1v) is 10.4. The van der Waals surface area contributed by atoms with Crippen LogP contribution in [0.1, 0.15) is 13.3 Å². The number of carboxylic acids is 1. The van der Waals surface area contributed by atoms with Crippen molar-refractivity contribution in [3.05, 3.63) is 66.7 Å². The summed E-state index contributed by atoms with van der Waals surface area (Å²) in [6.07, 6.45) is 0.643. The summed E-state index contributed by atoms with van der Waals surface area (Å²) in [6.45, 7) is 2.21. The number of para-hydroxylation sites is 3. The lowest BCUT2D eigenvalue weighted by Crippen LogP contribution is -2.10. The fraction of sp³-hybridized carbons (Fsp3) is 0.200. The lowest BCUT2D eigenvalue weighted by atomic mass is 10.1. The Labute approximate surface area is 185 Å². The maximum absolute atomic E-state index is 11.4. The smallest absolute Gasteiger partial charge is 0.323 e. The monoisotopic (exact) mass is 432 g/mol. The number of carboxylic acid groups (broad SMARTS) is 1. The number of anilines is 1. The van der Waals surface area contributed by atoms with Gasteiger partial charge in [0, 0.05) is 35.7 Å². The zero-order valence-electron chi connectivity index (χ0n) is 17.7. The van der Waals surface area contributed by atoms with Crippen LogP contribution in [0.3, 0.4) is 0 Å². The maximum atomic E-state index is 11.4. The summed E-state index contributed by atoms with van der Waals surface area (Å²) in [7, 11) is 0. The molecule has 1 aromatic heterocycles. The molecule has 1 amide bonds. The second kappa shape index (κ2) is 9.43. The summed E-state index contributed by atoms with van der Waals surface area (Å²) in [5.74, 6) is 0.239. The predicted octanol–water partition coefficient (Wildman–Crippen LogP) is 4.69. The third-order valence-electron chi connectivity index (χ3n) is 5.05. The van der Waals surface area contributed by atoms with Gasteiger partial charge in [0.2, 0.25) is 5.91 Å². The van der Waals surface area contributed by atoms with E-state index in [9.17, 15) is 14.7 Å². The van der Waals surface area contributed by atoms with Gasteiger partial charge in [-0.2, -0.15) is 0 Å². The van der Waals surface area contributed by atoms with Crippen molar-refractivity contribution in [1.29, 1.82) is 0 Å². The number of aromatic nitrogens is 1. The molecule has 0 atom stereocenters. The molecule has 4 rings (SSSR count). The quantitative estimate of drug-likeness (QED) is 0.375. The molecule has 7 heteroatoms. The van der Waals surface area contributed by atoms with E-state index in [0.717, 1.165) is 21.8 Å². The summed E-state index contributed by atoms with van der Waals surface area (Å²) in [4.78, 5) is 22.7. The number of amides is 1. The first-order valence-electron chi connectivity index (χ1n) is 10.4. The highest BCUT2D eigenvalue weighted by molar-refractivity contribution is 6.08. The van der Waals surface area contributed by atoms with E-state index in [1.165, 1.54) is 6.92 Å². The molecule has 0 aliphatic heterocycles. The molecule has 0 aliphatic carbocycles. The number of benzene rings is 3. The highest BCUT2D eigenvalue weighted by Gasteiger charge is 2.13. The number of aliphatic carboxylic acids is 1. The number of carbonyl (C=O) groups is 2. The van der Waals surface area contributed by atoms with Crippen molar-refractivity contribution in [3.63, 3.8) is 0 Å². The molecule has 0 saturated carbocycles. The minimum absolute atomic E-state index is 0.116. The summed E-state index contributed by atoms with van der Waals surface area (Å²) in [5, 5.41) is 14.1. The topological polar surface area (TPSA) is 89.8 Å². The van der Waals surface area contributed by atoms with Crippen LogP contribution in [0.15, 0.2) is 66.7 Å². The van der Waals surface area contributed by atoms with Gasteiger partial charge in [0.15, 0.2) is 0 Å². The van der Waals surface area contributed by atoms with Gasteiger partial charge in [-0.15, -0.1) is 0 Å². The number of carbonyl (C=O) groups excluding carboxylic acids is 1. The molecule has 0 unspecified atom stereocenters. The van der Waals surface area contributed by atoms with Crippen molar-refractivity contribution in [2.75, 3.05) is 18.5 Å². The van der Waals surface area contributed by atoms with Gasteiger partial charge in [-0.05, 0) is 30.3 Å². The first kappa shape index (κ1) is 21.2. The minimum Gasteiger partial charge on any atom is -0.493 e. The molecule has 32 heavy (non-hydrogen) atoms. The molecular weight excluding hydrogens is 408 g/mol. The molecule has 2 N–H and O–H groups in total. The van der Waals surface area contributed by atoms with Crippen LogP contribution < -0.4 is 14.8 Å². The van der Waals surface area contributed by atoms with Gasteiger partial charge in [-0.3, -0.25) is 9.59 Å². The van der Waals surface area contributed by atoms with Gasteiger partial charge in [0.05, 0.1) is 24.4 Å². The molecule has 0 bridgehead atoms. The maximum Gasteiger partial charge on any atom is 0.323 e. The number of hydrogen-bond acceptors (Lipinski definition) is 4. The third-order valence-corrected chi connectivity index (χ3v) is 5.05. The van der Waals surface area contributed by atoms with Crippen LogP contribution in [0.5, 0.6) is 11.5 Å². The summed E-state index contributed by atoms with van der Waals surface area (Å²) in [5.41, 5.74) is 2.34. The van der Waals surface area contributed by atoms with Crippen LogP contribution in [0.4, 0.5) is 5.69 Å². The molecule has 164 valence electrons. The average Bonchev–Trinajstić information content (AvgIpc) is 3.07. The normalized spacial score (nSPS) is 10.9. The van der Waals surface area contributed by atoms with E-state index in [1.54, 1.807) is 16.7 Å². The summed E-state index contributed by atoms with van der Waals surface area (Å²) in [6, 6.07) is 20.8. The van der Waals surface area contributed by atoms with E-state index in [4.69, 9.17) is 9.47 Å². The molecule has 0 radical (unpaired) electrons. The standard InChI is InChI=1S/C25H24N2O5/c1-17(28)26-21-8-3-5-10-24(21)32-14-6-13-31-18-11-12-20-19-7-2-4-9-22(19)27(16-25(29)30)23(20)15-18/h2-5,7-12,15H,6,13-14,16H2,1H3,(H,26,28)(H,29,30). The van der Waals surface area contributed by atoms with Crippen LogP contribution in [-0.4, -0.2) is 34.8 Å². The van der Waals surface area contributed by atoms with Crippen molar-refractivity contribution in [2.24, 2.45) is 0 Å². The number of rotatable bonds is 9. The van der Waals surface area contributed by atoms with Crippen LogP contribution in [-0.2, 0) is 16.1 Å².